The number of amides is 3. The molecule has 124 valence electrons. The first-order valence-corrected chi connectivity index (χ1v) is 7.97. The lowest BCUT2D eigenvalue weighted by Crippen LogP contribution is -2.42. The number of nitrogens with one attached hydrogen (secondary N) is 2. The summed E-state index contributed by atoms with van der Waals surface area (Å²) in [5.41, 5.74) is 1.03. The molecule has 0 spiro atoms. The zero-order chi connectivity index (χ0) is 17.0. The highest BCUT2D eigenvalue weighted by atomic mass is 35.5. The van der Waals surface area contributed by atoms with Gasteiger partial charge in [-0.1, -0.05) is 18.5 Å². The molecule has 1 atom stereocenters. The van der Waals surface area contributed by atoms with E-state index in [-0.39, 0.29) is 17.7 Å². The van der Waals surface area contributed by atoms with E-state index in [2.05, 4.69) is 10.6 Å². The molecule has 2 N–H and O–H groups in total. The van der Waals surface area contributed by atoms with E-state index in [4.69, 9.17) is 11.6 Å². The number of nitrogens with zero attached hydrogens (tertiary/aromatic N) is 1. The molecule has 1 saturated heterocycles. The molecule has 1 aromatic carbocycles. The van der Waals surface area contributed by atoms with Crippen LogP contribution in [-0.4, -0.2) is 35.2 Å². The fourth-order valence-electron chi connectivity index (χ4n) is 2.57. The van der Waals surface area contributed by atoms with Gasteiger partial charge in [-0.05, 0) is 31.0 Å². The Morgan fingerprint density at radius 1 is 1.30 bits per heavy atom. The normalized spacial score (nSPS) is 17.0. The van der Waals surface area contributed by atoms with E-state index in [1.165, 1.54) is 6.92 Å². The third-order valence-corrected chi connectivity index (χ3v) is 4.10. The monoisotopic (exact) mass is 337 g/mol. The number of hydrogen-bond acceptors (Lipinski definition) is 3. The molecule has 1 heterocycles. The van der Waals surface area contributed by atoms with E-state index in [0.29, 0.717) is 35.8 Å². The summed E-state index contributed by atoms with van der Waals surface area (Å²) in [7, 11) is 0. The Morgan fingerprint density at radius 3 is 2.65 bits per heavy atom. The fourth-order valence-corrected chi connectivity index (χ4v) is 2.80. The van der Waals surface area contributed by atoms with Crippen molar-refractivity contribution in [2.45, 2.75) is 39.2 Å². The van der Waals surface area contributed by atoms with Crippen LogP contribution in [-0.2, 0) is 14.4 Å². The van der Waals surface area contributed by atoms with Gasteiger partial charge in [-0.3, -0.25) is 14.4 Å². The van der Waals surface area contributed by atoms with Gasteiger partial charge in [-0.15, -0.1) is 0 Å². The van der Waals surface area contributed by atoms with Crippen molar-refractivity contribution in [3.8, 4) is 0 Å². The van der Waals surface area contributed by atoms with Crippen molar-refractivity contribution in [3.05, 3.63) is 23.2 Å². The Bertz CT molecular complexity index is 633. The summed E-state index contributed by atoms with van der Waals surface area (Å²) in [6, 6.07) is 4.45. The van der Waals surface area contributed by atoms with Crippen LogP contribution in [0.25, 0.3) is 0 Å². The van der Waals surface area contributed by atoms with Gasteiger partial charge in [0.1, 0.15) is 6.04 Å². The molecule has 2 rings (SSSR count). The van der Waals surface area contributed by atoms with Crippen LogP contribution in [0.5, 0.6) is 0 Å². The first kappa shape index (κ1) is 17.3. The average Bonchev–Trinajstić information content (AvgIpc) is 2.99. The molecule has 1 aromatic rings. The summed E-state index contributed by atoms with van der Waals surface area (Å²) in [6.45, 7) is 3.82. The third-order valence-electron chi connectivity index (χ3n) is 3.79. The minimum atomic E-state index is -0.439. The van der Waals surface area contributed by atoms with E-state index in [1.54, 1.807) is 30.0 Å². The number of rotatable bonds is 4. The summed E-state index contributed by atoms with van der Waals surface area (Å²) < 4.78 is 0. The molecule has 7 heteroatoms. The second-order valence-corrected chi connectivity index (χ2v) is 5.86. The molecule has 0 bridgehead atoms. The Balaban J connectivity index is 2.05. The Morgan fingerprint density at radius 2 is 2.04 bits per heavy atom. The van der Waals surface area contributed by atoms with Gasteiger partial charge in [-0.2, -0.15) is 0 Å². The van der Waals surface area contributed by atoms with Gasteiger partial charge < -0.3 is 15.5 Å². The number of hydrogen-bond donors (Lipinski definition) is 2. The van der Waals surface area contributed by atoms with Crippen LogP contribution in [0, 0.1) is 0 Å². The lowest BCUT2D eigenvalue weighted by Gasteiger charge is -2.22. The minimum Gasteiger partial charge on any atom is -0.331 e. The van der Waals surface area contributed by atoms with Crippen molar-refractivity contribution in [1.29, 1.82) is 0 Å². The van der Waals surface area contributed by atoms with Gasteiger partial charge in [0.15, 0.2) is 0 Å². The first-order valence-electron chi connectivity index (χ1n) is 7.60. The molecule has 0 aromatic heterocycles. The standard InChI is InChI=1S/C16H20ClN3O3/c1-3-15(22)19-13-7-6-11(9-12(13)17)18-16(23)14-5-4-8-20(14)10(2)21/h6-7,9,14H,3-5,8H2,1-2H3,(H,18,23)(H,19,22)/t14-/m0/s1. The molecule has 6 nitrogen and oxygen atoms in total. The van der Waals surface area contributed by atoms with Crippen LogP contribution in [0.15, 0.2) is 18.2 Å². The zero-order valence-corrected chi connectivity index (χ0v) is 13.9. The molecular formula is C16H20ClN3O3. The second kappa shape index (κ2) is 7.46. The Labute approximate surface area is 140 Å². The quantitative estimate of drug-likeness (QED) is 0.886. The number of benzene rings is 1. The lowest BCUT2D eigenvalue weighted by molar-refractivity contribution is -0.134. The highest BCUT2D eigenvalue weighted by molar-refractivity contribution is 6.34. The molecule has 1 aliphatic heterocycles. The van der Waals surface area contributed by atoms with Gasteiger partial charge in [0, 0.05) is 25.6 Å². The van der Waals surface area contributed by atoms with Crippen LogP contribution in [0.4, 0.5) is 11.4 Å². The summed E-state index contributed by atoms with van der Waals surface area (Å²) in [6.07, 6.45) is 1.83. The second-order valence-electron chi connectivity index (χ2n) is 5.46. The van der Waals surface area contributed by atoms with E-state index < -0.39 is 6.04 Å². The predicted molar refractivity (Wildman–Crippen MR) is 89.4 cm³/mol. The molecule has 23 heavy (non-hydrogen) atoms. The Hall–Kier alpha value is -2.08. The van der Waals surface area contributed by atoms with Crippen molar-refractivity contribution in [2.75, 3.05) is 17.2 Å². The molecule has 1 aliphatic rings. The summed E-state index contributed by atoms with van der Waals surface area (Å²) >= 11 is 6.12. The summed E-state index contributed by atoms with van der Waals surface area (Å²) in [4.78, 5) is 36.8. The summed E-state index contributed by atoms with van der Waals surface area (Å²) in [5, 5.41) is 5.80. The van der Waals surface area contributed by atoms with Crippen LogP contribution >= 0.6 is 11.6 Å². The highest BCUT2D eigenvalue weighted by Crippen LogP contribution is 2.26. The maximum Gasteiger partial charge on any atom is 0.247 e. The minimum absolute atomic E-state index is 0.0988. The molecular weight excluding hydrogens is 318 g/mol. The smallest absolute Gasteiger partial charge is 0.247 e. The molecule has 1 fully saturated rings. The number of anilines is 2. The van der Waals surface area contributed by atoms with Gasteiger partial charge in [0.25, 0.3) is 0 Å². The topological polar surface area (TPSA) is 78.5 Å². The van der Waals surface area contributed by atoms with Crippen LogP contribution in [0.3, 0.4) is 0 Å². The fraction of sp³-hybridized carbons (Fsp3) is 0.438. The van der Waals surface area contributed by atoms with Crippen LogP contribution in [0.1, 0.15) is 33.1 Å². The molecule has 0 saturated carbocycles. The van der Waals surface area contributed by atoms with Crippen molar-refractivity contribution in [3.63, 3.8) is 0 Å². The number of halogens is 1. The molecule has 0 aliphatic carbocycles. The maximum atomic E-state index is 12.3. The molecule has 0 unspecified atom stereocenters. The van der Waals surface area contributed by atoms with Crippen molar-refractivity contribution in [1.82, 2.24) is 4.90 Å². The van der Waals surface area contributed by atoms with Crippen LogP contribution in [0.2, 0.25) is 5.02 Å². The maximum absolute atomic E-state index is 12.3. The van der Waals surface area contributed by atoms with Crippen LogP contribution < -0.4 is 10.6 Å². The van der Waals surface area contributed by atoms with Crippen molar-refractivity contribution >= 4 is 40.7 Å². The van der Waals surface area contributed by atoms with Crippen molar-refractivity contribution < 1.29 is 14.4 Å². The number of carbonyl (C=O) groups excluding carboxylic acids is 3. The van der Waals surface area contributed by atoms with E-state index in [1.807, 2.05) is 0 Å². The van der Waals surface area contributed by atoms with Gasteiger partial charge in [0.2, 0.25) is 17.7 Å². The Kier molecular flexibility index (Phi) is 5.60. The predicted octanol–water partition coefficient (Wildman–Crippen LogP) is 2.64. The largest absolute Gasteiger partial charge is 0.331 e. The third kappa shape index (κ3) is 4.22. The molecule has 3 amide bonds. The van der Waals surface area contributed by atoms with Gasteiger partial charge in [-0.25, -0.2) is 0 Å². The van der Waals surface area contributed by atoms with E-state index >= 15 is 0 Å². The van der Waals surface area contributed by atoms with Gasteiger partial charge in [0.05, 0.1) is 10.7 Å². The average molecular weight is 338 g/mol. The SMILES string of the molecule is CCC(=O)Nc1ccc(NC(=O)[C@@H]2CCCN2C(C)=O)cc1Cl. The first-order chi connectivity index (χ1) is 10.9. The van der Waals surface area contributed by atoms with Crippen molar-refractivity contribution in [2.24, 2.45) is 0 Å². The number of carbonyl (C=O) groups is 3. The van der Waals surface area contributed by atoms with E-state index in [0.717, 1.165) is 6.42 Å². The van der Waals surface area contributed by atoms with Gasteiger partial charge >= 0.3 is 0 Å². The van der Waals surface area contributed by atoms with E-state index in [9.17, 15) is 14.4 Å². The lowest BCUT2D eigenvalue weighted by atomic mass is 10.2. The molecule has 0 radical (unpaired) electrons. The summed E-state index contributed by atoms with van der Waals surface area (Å²) in [5.74, 6) is -0.454. The number of likely N-dealkylation sites (tertiary alicyclic amines) is 1. The zero-order valence-electron chi connectivity index (χ0n) is 13.2. The highest BCUT2D eigenvalue weighted by Gasteiger charge is 2.32.